The lowest BCUT2D eigenvalue weighted by molar-refractivity contribution is -0.137. The van der Waals surface area contributed by atoms with Crippen LogP contribution in [0.25, 0.3) is 0 Å². The summed E-state index contributed by atoms with van der Waals surface area (Å²) in [6.07, 6.45) is 2.42. The molecular weight excluding hydrogens is 486 g/mol. The van der Waals surface area contributed by atoms with E-state index in [0.717, 1.165) is 13.2 Å². The summed E-state index contributed by atoms with van der Waals surface area (Å²) < 4.78 is 11.9. The largest absolute Gasteiger partial charge is 0.463 e. The topological polar surface area (TPSA) is 52.6 Å². The van der Waals surface area contributed by atoms with E-state index in [4.69, 9.17) is 9.47 Å². The Kier molecular flexibility index (Phi) is 8.12. The molecule has 0 bridgehead atoms. The van der Waals surface area contributed by atoms with Gasteiger partial charge in [-0.05, 0) is 76.2 Å². The first-order valence-corrected chi connectivity index (χ1v) is 8.11. The zero-order valence-electron chi connectivity index (χ0n) is 10.7. The summed E-state index contributed by atoms with van der Waals surface area (Å²) in [4.78, 5) is 22.7. The van der Waals surface area contributed by atoms with Gasteiger partial charge in [-0.1, -0.05) is 6.58 Å². The van der Waals surface area contributed by atoms with Crippen molar-refractivity contribution in [1.29, 1.82) is 0 Å². The summed E-state index contributed by atoms with van der Waals surface area (Å²) in [5, 5.41) is 0. The first kappa shape index (κ1) is 17.4. The summed E-state index contributed by atoms with van der Waals surface area (Å²) in [7, 11) is 0. The van der Waals surface area contributed by atoms with Crippen molar-refractivity contribution in [3.63, 3.8) is 0 Å². The molecule has 0 aliphatic rings. The Morgan fingerprint density at radius 2 is 1.80 bits per heavy atom. The Hall–Kier alpha value is -0.640. The smallest absolute Gasteiger partial charge is 0.339 e. The van der Waals surface area contributed by atoms with Crippen LogP contribution in [-0.4, -0.2) is 25.2 Å². The number of ether oxygens (including phenoxy) is 2. The van der Waals surface area contributed by atoms with Crippen molar-refractivity contribution in [3.05, 3.63) is 43.6 Å². The van der Waals surface area contributed by atoms with E-state index in [1.165, 1.54) is 0 Å². The lowest BCUT2D eigenvalue weighted by Gasteiger charge is -2.07. The molecule has 0 aliphatic carbocycles. The quantitative estimate of drug-likeness (QED) is 0.249. The number of benzene rings is 1. The first-order valence-electron chi connectivity index (χ1n) is 5.96. The van der Waals surface area contributed by atoms with Crippen LogP contribution in [0.5, 0.6) is 0 Å². The van der Waals surface area contributed by atoms with Crippen LogP contribution in [0, 0.1) is 7.14 Å². The van der Waals surface area contributed by atoms with Gasteiger partial charge in [0.15, 0.2) is 0 Å². The number of unbranched alkanes of at least 4 members (excludes halogenated alkanes) is 1. The molecule has 0 atom stereocenters. The average Bonchev–Trinajstić information content (AvgIpc) is 2.44. The standard InChI is InChI=1S/C14H14I2O4/c1-2-13(17)19-7-3-4-8-20-14(18)11-9-10(15)5-6-12(11)16/h2,5-6,9H,1,3-4,7-8H2. The Morgan fingerprint density at radius 1 is 1.15 bits per heavy atom. The number of hydrogen-bond acceptors (Lipinski definition) is 4. The zero-order valence-corrected chi connectivity index (χ0v) is 15.0. The molecule has 0 amide bonds. The maximum atomic E-state index is 11.9. The summed E-state index contributed by atoms with van der Waals surface area (Å²) >= 11 is 4.26. The highest BCUT2D eigenvalue weighted by atomic mass is 127. The van der Waals surface area contributed by atoms with Crippen molar-refractivity contribution >= 4 is 57.1 Å². The minimum atomic E-state index is -0.435. The lowest BCUT2D eigenvalue weighted by atomic mass is 10.2. The molecule has 0 aliphatic heterocycles. The normalized spacial score (nSPS) is 9.90. The van der Waals surface area contributed by atoms with Gasteiger partial charge in [0.2, 0.25) is 0 Å². The van der Waals surface area contributed by atoms with Crippen molar-refractivity contribution in [3.8, 4) is 0 Å². The van der Waals surface area contributed by atoms with Crippen LogP contribution in [0.1, 0.15) is 23.2 Å². The van der Waals surface area contributed by atoms with Gasteiger partial charge < -0.3 is 9.47 Å². The number of carbonyl (C=O) groups is 2. The number of hydrogen-bond donors (Lipinski definition) is 0. The fourth-order valence-corrected chi connectivity index (χ4v) is 2.38. The molecule has 0 saturated carbocycles. The Labute approximate surface area is 145 Å². The fourth-order valence-electron chi connectivity index (χ4n) is 1.33. The summed E-state index contributed by atoms with van der Waals surface area (Å²) in [6.45, 7) is 3.92. The first-order chi connectivity index (χ1) is 9.54. The molecular formula is C14H14I2O4. The minimum absolute atomic E-state index is 0.309. The number of rotatable bonds is 7. The molecule has 0 fully saturated rings. The second-order valence-electron chi connectivity index (χ2n) is 3.84. The van der Waals surface area contributed by atoms with E-state index in [9.17, 15) is 9.59 Å². The van der Waals surface area contributed by atoms with Gasteiger partial charge in [0.1, 0.15) is 0 Å². The number of esters is 2. The predicted molar refractivity (Wildman–Crippen MR) is 92.5 cm³/mol. The lowest BCUT2D eigenvalue weighted by Crippen LogP contribution is -2.09. The van der Waals surface area contributed by atoms with Crippen LogP contribution in [0.15, 0.2) is 30.9 Å². The molecule has 108 valence electrons. The average molecular weight is 500 g/mol. The third-order valence-corrected chi connectivity index (χ3v) is 3.94. The second kappa shape index (κ2) is 9.32. The van der Waals surface area contributed by atoms with Crippen molar-refractivity contribution < 1.29 is 19.1 Å². The molecule has 1 aromatic rings. The summed E-state index contributed by atoms with van der Waals surface area (Å²) in [5.41, 5.74) is 0.579. The van der Waals surface area contributed by atoms with Crippen LogP contribution >= 0.6 is 45.2 Å². The third kappa shape index (κ3) is 6.21. The molecule has 0 heterocycles. The van der Waals surface area contributed by atoms with Crippen LogP contribution < -0.4 is 0 Å². The summed E-state index contributed by atoms with van der Waals surface area (Å²) in [6, 6.07) is 5.62. The molecule has 1 aromatic carbocycles. The van der Waals surface area contributed by atoms with E-state index in [-0.39, 0.29) is 5.97 Å². The van der Waals surface area contributed by atoms with Crippen molar-refractivity contribution in [2.24, 2.45) is 0 Å². The second-order valence-corrected chi connectivity index (χ2v) is 6.25. The summed E-state index contributed by atoms with van der Waals surface area (Å²) in [5.74, 6) is -0.758. The molecule has 20 heavy (non-hydrogen) atoms. The van der Waals surface area contributed by atoms with Crippen molar-refractivity contribution in [1.82, 2.24) is 0 Å². The van der Waals surface area contributed by atoms with E-state index in [1.807, 2.05) is 12.1 Å². The predicted octanol–water partition coefficient (Wildman–Crippen LogP) is 3.56. The molecule has 6 heteroatoms. The van der Waals surface area contributed by atoms with Gasteiger partial charge >= 0.3 is 11.9 Å². The van der Waals surface area contributed by atoms with E-state index >= 15 is 0 Å². The number of carbonyl (C=O) groups excluding carboxylic acids is 2. The van der Waals surface area contributed by atoms with Gasteiger partial charge in [-0.2, -0.15) is 0 Å². The zero-order chi connectivity index (χ0) is 15.0. The third-order valence-electron chi connectivity index (χ3n) is 2.33. The van der Waals surface area contributed by atoms with Crippen LogP contribution in [0.2, 0.25) is 0 Å². The fraction of sp³-hybridized carbons (Fsp3) is 0.286. The van der Waals surface area contributed by atoms with E-state index in [2.05, 4.69) is 51.8 Å². The van der Waals surface area contributed by atoms with Gasteiger partial charge in [-0.15, -0.1) is 0 Å². The highest BCUT2D eigenvalue weighted by molar-refractivity contribution is 14.1. The van der Waals surface area contributed by atoms with E-state index < -0.39 is 5.97 Å². The van der Waals surface area contributed by atoms with Gasteiger partial charge in [-0.25, -0.2) is 9.59 Å². The molecule has 0 radical (unpaired) electrons. The molecule has 0 saturated heterocycles. The highest BCUT2D eigenvalue weighted by Crippen LogP contribution is 2.17. The van der Waals surface area contributed by atoms with Crippen molar-refractivity contribution in [2.45, 2.75) is 12.8 Å². The van der Waals surface area contributed by atoms with Crippen LogP contribution in [0.3, 0.4) is 0 Å². The molecule has 0 aromatic heterocycles. The Bertz CT molecular complexity index is 500. The SMILES string of the molecule is C=CC(=O)OCCCCOC(=O)c1cc(I)ccc1I. The number of halogens is 2. The molecule has 0 unspecified atom stereocenters. The Balaban J connectivity index is 2.28. The maximum Gasteiger partial charge on any atom is 0.339 e. The van der Waals surface area contributed by atoms with Gasteiger partial charge in [0.05, 0.1) is 18.8 Å². The molecule has 0 N–H and O–H groups in total. The molecule has 0 spiro atoms. The van der Waals surface area contributed by atoms with Crippen molar-refractivity contribution in [2.75, 3.05) is 13.2 Å². The maximum absolute atomic E-state index is 11.9. The van der Waals surface area contributed by atoms with E-state index in [0.29, 0.717) is 31.6 Å². The van der Waals surface area contributed by atoms with Crippen LogP contribution in [-0.2, 0) is 14.3 Å². The van der Waals surface area contributed by atoms with Gasteiger partial charge in [0.25, 0.3) is 0 Å². The van der Waals surface area contributed by atoms with Gasteiger partial charge in [0, 0.05) is 13.2 Å². The van der Waals surface area contributed by atoms with E-state index in [1.54, 1.807) is 6.07 Å². The van der Waals surface area contributed by atoms with Crippen LogP contribution in [0.4, 0.5) is 0 Å². The highest BCUT2D eigenvalue weighted by Gasteiger charge is 2.11. The minimum Gasteiger partial charge on any atom is -0.463 e. The molecule has 1 rings (SSSR count). The monoisotopic (exact) mass is 500 g/mol. The Morgan fingerprint density at radius 3 is 2.45 bits per heavy atom. The molecule has 4 nitrogen and oxygen atoms in total. The van der Waals surface area contributed by atoms with Gasteiger partial charge in [-0.3, -0.25) is 0 Å².